The summed E-state index contributed by atoms with van der Waals surface area (Å²) in [6.45, 7) is 5.92. The van der Waals surface area contributed by atoms with E-state index in [4.69, 9.17) is 9.72 Å². The summed E-state index contributed by atoms with van der Waals surface area (Å²) >= 11 is 3.62. The van der Waals surface area contributed by atoms with E-state index in [-0.39, 0.29) is 11.8 Å². The Labute approximate surface area is 256 Å². The van der Waals surface area contributed by atoms with Gasteiger partial charge in [-0.3, -0.25) is 9.59 Å². The number of anilines is 3. The van der Waals surface area contributed by atoms with Crippen LogP contribution in [-0.2, 0) is 27.8 Å². The van der Waals surface area contributed by atoms with Crippen LogP contribution in [0.25, 0.3) is 0 Å². The van der Waals surface area contributed by atoms with Crippen molar-refractivity contribution in [2.24, 2.45) is 0 Å². The number of benzene rings is 2. The molecule has 2 amide bonds. The zero-order chi connectivity index (χ0) is 30.0. The number of likely N-dealkylation sites (tertiary alicyclic amines) is 1. The van der Waals surface area contributed by atoms with E-state index in [1.807, 2.05) is 55.9 Å². The predicted octanol–water partition coefficient (Wildman–Crippen LogP) is 5.27. The molecule has 0 saturated carbocycles. The number of fused-ring (bicyclic) bond motifs is 1. The second kappa shape index (κ2) is 12.4. The zero-order valence-electron chi connectivity index (χ0n) is 25.0. The van der Waals surface area contributed by atoms with Gasteiger partial charge in [-0.1, -0.05) is 18.2 Å². The molecular formula is C32H39BrN6O3. The monoisotopic (exact) mass is 634 g/mol. The highest BCUT2D eigenvalue weighted by molar-refractivity contribution is 9.10. The van der Waals surface area contributed by atoms with Gasteiger partial charge in [-0.15, -0.1) is 0 Å². The molecule has 10 heteroatoms. The average Bonchev–Trinajstić information content (AvgIpc) is 3.21. The number of aromatic nitrogens is 2. The first-order valence-electron chi connectivity index (χ1n) is 14.4. The van der Waals surface area contributed by atoms with E-state index < -0.39 is 5.41 Å². The molecule has 0 atom stereocenters. The van der Waals surface area contributed by atoms with E-state index in [0.29, 0.717) is 24.8 Å². The van der Waals surface area contributed by atoms with Crippen LogP contribution in [0.3, 0.4) is 0 Å². The Morgan fingerprint density at radius 2 is 1.95 bits per heavy atom. The van der Waals surface area contributed by atoms with Crippen molar-refractivity contribution in [3.63, 3.8) is 0 Å². The van der Waals surface area contributed by atoms with E-state index in [2.05, 4.69) is 49.7 Å². The van der Waals surface area contributed by atoms with Crippen LogP contribution < -0.4 is 15.4 Å². The summed E-state index contributed by atoms with van der Waals surface area (Å²) in [5.41, 5.74) is 5.42. The lowest BCUT2D eigenvalue weighted by atomic mass is 9.82. The number of piperidine rings is 1. The number of amides is 2. The Hall–Kier alpha value is -3.50. The zero-order valence-corrected chi connectivity index (χ0v) is 26.5. The maximum absolute atomic E-state index is 12.5. The molecule has 1 saturated heterocycles. The molecule has 2 aliphatic heterocycles. The quantitative estimate of drug-likeness (QED) is 0.331. The molecular weight excluding hydrogens is 596 g/mol. The molecule has 9 nitrogen and oxygen atoms in total. The van der Waals surface area contributed by atoms with Gasteiger partial charge in [-0.2, -0.15) is 0 Å². The molecule has 3 heterocycles. The molecule has 0 unspecified atom stereocenters. The SMILES string of the molecule is COc1cc(C2CCN(C(=O)CN(C)C)CC2)ccc1Nc1ncc(Br)c(CCc2cccc3c2C(C)(C)C(=O)N3)n1. The lowest BCUT2D eigenvalue weighted by molar-refractivity contribution is -0.132. The fraction of sp³-hybridized carbons (Fsp3) is 0.438. The number of rotatable bonds is 9. The number of carbonyl (C=O) groups is 2. The van der Waals surface area contributed by atoms with Gasteiger partial charge >= 0.3 is 0 Å². The smallest absolute Gasteiger partial charge is 0.236 e. The molecule has 0 radical (unpaired) electrons. The standard InChI is InChI=1S/C32H39BrN6O3/c1-32(2)29-21(7-6-8-26(29)35-30(32)41)9-11-24-23(33)18-34-31(36-24)37-25-12-10-22(17-27(25)42-5)20-13-15-39(16-14-20)28(40)19-38(3)4/h6-8,10,12,17-18,20H,9,11,13-16,19H2,1-5H3,(H,35,41)(H,34,36,37). The van der Waals surface area contributed by atoms with Crippen LogP contribution in [0, 0.1) is 0 Å². The third-order valence-electron chi connectivity index (χ3n) is 8.28. The number of likely N-dealkylation sites (N-methyl/N-ethyl adjacent to an activating group) is 1. The Kier molecular flexibility index (Phi) is 8.84. The minimum absolute atomic E-state index is 0.0279. The van der Waals surface area contributed by atoms with Crippen molar-refractivity contribution in [3.8, 4) is 5.75 Å². The maximum Gasteiger partial charge on any atom is 0.236 e. The van der Waals surface area contributed by atoms with Gasteiger partial charge in [0, 0.05) is 25.0 Å². The molecule has 0 aliphatic carbocycles. The Bertz CT molecular complexity index is 1480. The van der Waals surface area contributed by atoms with E-state index >= 15 is 0 Å². The van der Waals surface area contributed by atoms with E-state index in [1.165, 1.54) is 5.56 Å². The number of carbonyl (C=O) groups excluding carboxylic acids is 2. The van der Waals surface area contributed by atoms with Crippen LogP contribution in [0.4, 0.5) is 17.3 Å². The Morgan fingerprint density at radius 1 is 1.19 bits per heavy atom. The Morgan fingerprint density at radius 3 is 2.67 bits per heavy atom. The highest BCUT2D eigenvalue weighted by atomic mass is 79.9. The van der Waals surface area contributed by atoms with Gasteiger partial charge in [0.1, 0.15) is 5.75 Å². The Balaban J connectivity index is 1.26. The first-order valence-corrected chi connectivity index (χ1v) is 15.2. The van der Waals surface area contributed by atoms with Gasteiger partial charge in [0.05, 0.1) is 34.9 Å². The second-order valence-electron chi connectivity index (χ2n) is 11.9. The third kappa shape index (κ3) is 6.29. The largest absolute Gasteiger partial charge is 0.495 e. The number of methoxy groups -OCH3 is 1. The fourth-order valence-electron chi connectivity index (χ4n) is 5.95. The molecule has 2 aliphatic rings. The van der Waals surface area contributed by atoms with E-state index in [9.17, 15) is 9.59 Å². The molecule has 5 rings (SSSR count). The van der Waals surface area contributed by atoms with E-state index in [1.54, 1.807) is 13.3 Å². The van der Waals surface area contributed by atoms with Crippen molar-refractivity contribution in [1.82, 2.24) is 19.8 Å². The van der Waals surface area contributed by atoms with Gasteiger partial charge < -0.3 is 25.2 Å². The highest BCUT2D eigenvalue weighted by Gasteiger charge is 2.39. The normalized spacial score (nSPS) is 16.4. The van der Waals surface area contributed by atoms with Crippen molar-refractivity contribution in [3.05, 3.63) is 69.5 Å². The van der Waals surface area contributed by atoms with Gasteiger partial charge in [0.25, 0.3) is 0 Å². The first-order chi connectivity index (χ1) is 20.1. The van der Waals surface area contributed by atoms with Gasteiger partial charge in [0.15, 0.2) is 0 Å². The van der Waals surface area contributed by atoms with Crippen molar-refractivity contribution >= 4 is 45.1 Å². The van der Waals surface area contributed by atoms with Crippen LogP contribution in [0.1, 0.15) is 55.0 Å². The minimum atomic E-state index is -0.565. The van der Waals surface area contributed by atoms with Crippen LogP contribution in [0.15, 0.2) is 47.1 Å². The summed E-state index contributed by atoms with van der Waals surface area (Å²) in [6, 6.07) is 12.3. The second-order valence-corrected chi connectivity index (χ2v) is 12.7. The molecule has 1 aromatic heterocycles. The summed E-state index contributed by atoms with van der Waals surface area (Å²) in [4.78, 5) is 38.1. The van der Waals surface area contributed by atoms with Crippen LogP contribution in [0.5, 0.6) is 5.75 Å². The topological polar surface area (TPSA) is 99.7 Å². The average molecular weight is 636 g/mol. The predicted molar refractivity (Wildman–Crippen MR) is 169 cm³/mol. The molecule has 1 fully saturated rings. The number of ether oxygens (including phenoxy) is 1. The summed E-state index contributed by atoms with van der Waals surface area (Å²) in [7, 11) is 5.51. The fourth-order valence-corrected chi connectivity index (χ4v) is 6.34. The van der Waals surface area contributed by atoms with Crippen LogP contribution in [-0.4, -0.2) is 72.4 Å². The van der Waals surface area contributed by atoms with Crippen LogP contribution >= 0.6 is 15.9 Å². The first kappa shape index (κ1) is 30.0. The van der Waals surface area contributed by atoms with Crippen molar-refractivity contribution in [2.45, 2.75) is 50.9 Å². The highest BCUT2D eigenvalue weighted by Crippen LogP contribution is 2.40. The van der Waals surface area contributed by atoms with Gasteiger partial charge in [-0.25, -0.2) is 9.97 Å². The summed E-state index contributed by atoms with van der Waals surface area (Å²) in [5.74, 6) is 1.81. The minimum Gasteiger partial charge on any atom is -0.495 e. The number of hydrogen-bond acceptors (Lipinski definition) is 7. The summed E-state index contributed by atoms with van der Waals surface area (Å²) in [5, 5.41) is 6.35. The van der Waals surface area contributed by atoms with Gasteiger partial charge in [-0.05, 0) is 110 Å². The molecule has 0 bridgehead atoms. The number of halogens is 1. The number of nitrogens with one attached hydrogen (secondary N) is 2. The lowest BCUT2D eigenvalue weighted by Gasteiger charge is -2.33. The van der Waals surface area contributed by atoms with Crippen molar-refractivity contribution in [2.75, 3.05) is 51.5 Å². The summed E-state index contributed by atoms with van der Waals surface area (Å²) < 4.78 is 6.59. The molecule has 3 aromatic rings. The molecule has 222 valence electrons. The van der Waals surface area contributed by atoms with E-state index in [0.717, 1.165) is 70.8 Å². The molecule has 2 N–H and O–H groups in total. The summed E-state index contributed by atoms with van der Waals surface area (Å²) in [6.07, 6.45) is 5.06. The van der Waals surface area contributed by atoms with Crippen LogP contribution in [0.2, 0.25) is 0 Å². The third-order valence-corrected chi connectivity index (χ3v) is 8.94. The molecule has 42 heavy (non-hydrogen) atoms. The van der Waals surface area contributed by atoms with Gasteiger partial charge in [0.2, 0.25) is 17.8 Å². The maximum atomic E-state index is 12.5. The van der Waals surface area contributed by atoms with Crippen molar-refractivity contribution in [1.29, 1.82) is 0 Å². The number of hydrogen-bond donors (Lipinski definition) is 2. The van der Waals surface area contributed by atoms with Crippen molar-refractivity contribution < 1.29 is 14.3 Å². The number of aryl methyl sites for hydroxylation is 2. The lowest BCUT2D eigenvalue weighted by Crippen LogP contribution is -2.42. The molecule has 2 aromatic carbocycles. The molecule has 0 spiro atoms. The number of nitrogens with zero attached hydrogens (tertiary/aromatic N) is 4.